The first kappa shape index (κ1) is 13.6. The number of aliphatic hydroxyl groups excluding tert-OH is 1. The van der Waals surface area contributed by atoms with Gasteiger partial charge in [0.1, 0.15) is 17.2 Å². The number of nitrogens with two attached hydrogens (primary N) is 1. The van der Waals surface area contributed by atoms with Crippen molar-refractivity contribution in [2.24, 2.45) is 0 Å². The van der Waals surface area contributed by atoms with Gasteiger partial charge in [0.05, 0.1) is 18.8 Å². The lowest BCUT2D eigenvalue weighted by molar-refractivity contribution is 0.228. The molecule has 0 aliphatic rings. The zero-order chi connectivity index (χ0) is 13.0. The number of hydrogen-bond acceptors (Lipinski definition) is 4. The molecule has 3 N–H and O–H groups in total. The van der Waals surface area contributed by atoms with E-state index in [1.807, 2.05) is 27.7 Å². The lowest BCUT2D eigenvalue weighted by Gasteiger charge is -2.18. The molecule has 17 heavy (non-hydrogen) atoms. The van der Waals surface area contributed by atoms with Crippen LogP contribution in [0, 0.1) is 0 Å². The maximum atomic E-state index is 9.19. The van der Waals surface area contributed by atoms with Crippen molar-refractivity contribution in [1.82, 2.24) is 0 Å². The molecule has 4 heteroatoms. The highest BCUT2D eigenvalue weighted by Crippen LogP contribution is 2.34. The second-order valence-corrected chi connectivity index (χ2v) is 4.50. The molecule has 0 aliphatic carbocycles. The monoisotopic (exact) mass is 239 g/mol. The van der Waals surface area contributed by atoms with Crippen LogP contribution in [0.3, 0.4) is 0 Å². The van der Waals surface area contributed by atoms with Crippen molar-refractivity contribution >= 4 is 5.69 Å². The van der Waals surface area contributed by atoms with Gasteiger partial charge in [-0.3, -0.25) is 0 Å². The predicted molar refractivity (Wildman–Crippen MR) is 68.3 cm³/mol. The maximum absolute atomic E-state index is 9.19. The van der Waals surface area contributed by atoms with E-state index in [1.54, 1.807) is 12.1 Å². The summed E-state index contributed by atoms with van der Waals surface area (Å²) in [5, 5.41) is 9.19. The van der Waals surface area contributed by atoms with Gasteiger partial charge in [0.2, 0.25) is 0 Å². The van der Waals surface area contributed by atoms with E-state index in [9.17, 15) is 5.11 Å². The molecule has 4 nitrogen and oxygen atoms in total. The highest BCUT2D eigenvalue weighted by Gasteiger charge is 2.12. The van der Waals surface area contributed by atoms with Gasteiger partial charge in [-0.2, -0.15) is 0 Å². The Labute approximate surface area is 102 Å². The molecule has 0 fully saturated rings. The molecular formula is C13H21NO3. The minimum atomic E-state index is -0.0663. The van der Waals surface area contributed by atoms with Crippen LogP contribution in [0.1, 0.15) is 33.3 Å². The Balaban J connectivity index is 3.11. The molecule has 0 unspecified atom stereocenters. The minimum Gasteiger partial charge on any atom is -0.489 e. The Morgan fingerprint density at radius 3 is 1.76 bits per heavy atom. The summed E-state index contributed by atoms with van der Waals surface area (Å²) >= 11 is 0. The fourth-order valence-electron chi connectivity index (χ4n) is 1.45. The van der Waals surface area contributed by atoms with Crippen LogP contribution in [0.4, 0.5) is 5.69 Å². The van der Waals surface area contributed by atoms with Crippen molar-refractivity contribution in [3.8, 4) is 11.5 Å². The van der Waals surface area contributed by atoms with E-state index in [0.29, 0.717) is 17.2 Å². The van der Waals surface area contributed by atoms with Gasteiger partial charge in [-0.05, 0) is 45.4 Å². The highest BCUT2D eigenvalue weighted by atomic mass is 16.5. The van der Waals surface area contributed by atoms with Gasteiger partial charge < -0.3 is 20.3 Å². The zero-order valence-electron chi connectivity index (χ0n) is 10.9. The van der Waals surface area contributed by atoms with Gasteiger partial charge in [-0.15, -0.1) is 0 Å². The molecular weight excluding hydrogens is 218 g/mol. The van der Waals surface area contributed by atoms with Crippen molar-refractivity contribution in [2.45, 2.75) is 46.5 Å². The molecule has 0 atom stereocenters. The first-order valence-electron chi connectivity index (χ1n) is 5.80. The molecule has 1 aromatic rings. The molecule has 0 saturated heterocycles. The molecule has 0 saturated carbocycles. The third-order valence-electron chi connectivity index (χ3n) is 2.07. The Hall–Kier alpha value is -1.42. The third kappa shape index (κ3) is 3.82. The van der Waals surface area contributed by atoms with Crippen LogP contribution in [0.2, 0.25) is 0 Å². The topological polar surface area (TPSA) is 64.7 Å². The van der Waals surface area contributed by atoms with Crippen LogP contribution in [0.25, 0.3) is 0 Å². The first-order valence-corrected chi connectivity index (χ1v) is 5.80. The Morgan fingerprint density at radius 1 is 1.06 bits per heavy atom. The lowest BCUT2D eigenvalue weighted by Crippen LogP contribution is -2.11. The molecule has 0 spiro atoms. The van der Waals surface area contributed by atoms with Gasteiger partial charge in [-0.25, -0.2) is 0 Å². The molecule has 0 bridgehead atoms. The van der Waals surface area contributed by atoms with Crippen molar-refractivity contribution in [3.05, 3.63) is 17.7 Å². The van der Waals surface area contributed by atoms with Crippen LogP contribution in [-0.4, -0.2) is 17.3 Å². The summed E-state index contributed by atoms with van der Waals surface area (Å²) in [5.74, 6) is 1.12. The number of anilines is 1. The number of ether oxygens (including phenoxy) is 2. The van der Waals surface area contributed by atoms with Crippen LogP contribution < -0.4 is 15.2 Å². The summed E-state index contributed by atoms with van der Waals surface area (Å²) < 4.78 is 11.2. The standard InChI is InChI=1S/C13H21NO3/c1-8(2)16-11-5-10(7-15)6-12(13(11)14)17-9(3)4/h5-6,8-9,15H,7,14H2,1-4H3. The smallest absolute Gasteiger partial charge is 0.146 e. The van der Waals surface area contributed by atoms with Crippen LogP contribution in [-0.2, 0) is 6.61 Å². The van der Waals surface area contributed by atoms with Crippen molar-refractivity contribution in [3.63, 3.8) is 0 Å². The molecule has 1 aromatic carbocycles. The van der Waals surface area contributed by atoms with E-state index in [4.69, 9.17) is 15.2 Å². The molecule has 0 heterocycles. The highest BCUT2D eigenvalue weighted by molar-refractivity contribution is 5.64. The largest absolute Gasteiger partial charge is 0.489 e. The fourth-order valence-corrected chi connectivity index (χ4v) is 1.45. The van der Waals surface area contributed by atoms with E-state index in [-0.39, 0.29) is 18.8 Å². The van der Waals surface area contributed by atoms with Gasteiger partial charge in [0.25, 0.3) is 0 Å². The van der Waals surface area contributed by atoms with Gasteiger partial charge in [-0.1, -0.05) is 0 Å². The Morgan fingerprint density at radius 2 is 1.47 bits per heavy atom. The normalized spacial score (nSPS) is 11.0. The number of hydrogen-bond donors (Lipinski definition) is 2. The molecule has 0 radical (unpaired) electrons. The summed E-state index contributed by atoms with van der Waals surface area (Å²) in [7, 11) is 0. The molecule has 1 rings (SSSR count). The average molecular weight is 239 g/mol. The van der Waals surface area contributed by atoms with Gasteiger partial charge in [0.15, 0.2) is 0 Å². The van der Waals surface area contributed by atoms with Crippen LogP contribution in [0.15, 0.2) is 12.1 Å². The zero-order valence-corrected chi connectivity index (χ0v) is 10.9. The van der Waals surface area contributed by atoms with Gasteiger partial charge >= 0.3 is 0 Å². The Bertz CT molecular complexity index is 344. The molecule has 96 valence electrons. The third-order valence-corrected chi connectivity index (χ3v) is 2.07. The van der Waals surface area contributed by atoms with Crippen molar-refractivity contribution in [2.75, 3.05) is 5.73 Å². The number of nitrogen functional groups attached to an aromatic ring is 1. The first-order chi connectivity index (χ1) is 7.93. The van der Waals surface area contributed by atoms with Gasteiger partial charge in [0, 0.05) is 0 Å². The van der Waals surface area contributed by atoms with Crippen LogP contribution >= 0.6 is 0 Å². The van der Waals surface area contributed by atoms with E-state index in [1.165, 1.54) is 0 Å². The maximum Gasteiger partial charge on any atom is 0.146 e. The number of aliphatic hydroxyl groups is 1. The van der Waals surface area contributed by atoms with E-state index in [0.717, 1.165) is 5.56 Å². The minimum absolute atomic E-state index is 0.0261. The Kier molecular flexibility index (Phi) is 4.63. The average Bonchev–Trinajstić information content (AvgIpc) is 2.22. The SMILES string of the molecule is CC(C)Oc1cc(CO)cc(OC(C)C)c1N. The molecule has 0 amide bonds. The van der Waals surface area contributed by atoms with E-state index >= 15 is 0 Å². The lowest BCUT2D eigenvalue weighted by atomic mass is 10.1. The fraction of sp³-hybridized carbons (Fsp3) is 0.538. The number of rotatable bonds is 5. The molecule has 0 aliphatic heterocycles. The number of benzene rings is 1. The quantitative estimate of drug-likeness (QED) is 0.774. The predicted octanol–water partition coefficient (Wildman–Crippen LogP) is 2.34. The van der Waals surface area contributed by atoms with Crippen molar-refractivity contribution < 1.29 is 14.6 Å². The summed E-state index contributed by atoms with van der Waals surface area (Å²) in [6, 6.07) is 3.48. The van der Waals surface area contributed by atoms with Crippen molar-refractivity contribution in [1.29, 1.82) is 0 Å². The summed E-state index contributed by atoms with van der Waals surface area (Å²) in [6.45, 7) is 7.63. The molecule has 0 aromatic heterocycles. The summed E-state index contributed by atoms with van der Waals surface area (Å²) in [4.78, 5) is 0. The summed E-state index contributed by atoms with van der Waals surface area (Å²) in [6.07, 6.45) is 0.0521. The summed E-state index contributed by atoms with van der Waals surface area (Å²) in [5.41, 5.74) is 7.18. The van der Waals surface area contributed by atoms with E-state index in [2.05, 4.69) is 0 Å². The second-order valence-electron chi connectivity index (χ2n) is 4.50. The van der Waals surface area contributed by atoms with E-state index < -0.39 is 0 Å². The second kappa shape index (κ2) is 5.77. The van der Waals surface area contributed by atoms with Crippen LogP contribution in [0.5, 0.6) is 11.5 Å².